The van der Waals surface area contributed by atoms with Crippen LogP contribution in [-0.2, 0) is 19.4 Å². The maximum absolute atomic E-state index is 12.5. The van der Waals surface area contributed by atoms with E-state index in [1.54, 1.807) is 0 Å². The third kappa shape index (κ3) is 4.41. The van der Waals surface area contributed by atoms with Crippen LogP contribution in [-0.4, -0.2) is 35.1 Å². The zero-order chi connectivity index (χ0) is 18.5. The molecule has 1 aromatic carbocycles. The van der Waals surface area contributed by atoms with Gasteiger partial charge in [-0.1, -0.05) is 41.9 Å². The molecule has 1 atom stereocenters. The van der Waals surface area contributed by atoms with Crippen LogP contribution in [0.5, 0.6) is 0 Å². The lowest BCUT2D eigenvalue weighted by Gasteiger charge is -2.36. The minimum atomic E-state index is -0.101. The predicted octanol–water partition coefficient (Wildman–Crippen LogP) is 3.73. The molecule has 2 aliphatic rings. The molecule has 1 fully saturated rings. The number of aromatic nitrogens is 1. The highest BCUT2D eigenvalue weighted by Crippen LogP contribution is 2.24. The van der Waals surface area contributed by atoms with Gasteiger partial charge in [-0.2, -0.15) is 0 Å². The van der Waals surface area contributed by atoms with E-state index in [9.17, 15) is 4.79 Å². The molecule has 0 radical (unpaired) electrons. The summed E-state index contributed by atoms with van der Waals surface area (Å²) in [7, 11) is 0. The van der Waals surface area contributed by atoms with Crippen molar-refractivity contribution in [2.45, 2.75) is 64.0 Å². The van der Waals surface area contributed by atoms with Crippen LogP contribution in [0.15, 0.2) is 34.9 Å². The number of amides is 1. The van der Waals surface area contributed by atoms with Crippen LogP contribution in [0.1, 0.15) is 65.9 Å². The minimum absolute atomic E-state index is 0.101. The summed E-state index contributed by atoms with van der Waals surface area (Å²) in [4.78, 5) is 15.1. The van der Waals surface area contributed by atoms with Crippen molar-refractivity contribution >= 4 is 5.91 Å². The van der Waals surface area contributed by atoms with E-state index in [0.29, 0.717) is 18.3 Å². The number of carbonyl (C=O) groups excluding carboxylic acids is 1. The maximum Gasteiger partial charge on any atom is 0.290 e. The van der Waals surface area contributed by atoms with Crippen molar-refractivity contribution in [1.82, 2.24) is 15.4 Å². The third-order valence-corrected chi connectivity index (χ3v) is 5.91. The largest absolute Gasteiger partial charge is 0.350 e. The Kier molecular flexibility index (Phi) is 5.87. The van der Waals surface area contributed by atoms with Gasteiger partial charge >= 0.3 is 0 Å². The van der Waals surface area contributed by atoms with E-state index in [1.807, 2.05) is 0 Å². The monoisotopic (exact) mass is 367 g/mol. The molecule has 0 bridgehead atoms. The molecule has 27 heavy (non-hydrogen) atoms. The number of nitrogens with zero attached hydrogens (tertiary/aromatic N) is 2. The predicted molar refractivity (Wildman–Crippen MR) is 105 cm³/mol. The zero-order valence-electron chi connectivity index (χ0n) is 16.0. The molecule has 1 N–H and O–H groups in total. The van der Waals surface area contributed by atoms with E-state index in [4.69, 9.17) is 4.52 Å². The molecule has 1 aliphatic heterocycles. The summed E-state index contributed by atoms with van der Waals surface area (Å²) >= 11 is 0. The second-order valence-corrected chi connectivity index (χ2v) is 7.79. The lowest BCUT2D eigenvalue weighted by Crippen LogP contribution is -2.41. The molecule has 5 heteroatoms. The number of carbonyl (C=O) groups is 1. The van der Waals surface area contributed by atoms with Crippen LogP contribution in [0.25, 0.3) is 0 Å². The standard InChI is InChI=1S/C22H29N3O2/c26-22(21-19-11-4-5-12-20(19)24-27-21)23-14-13-18-10-6-7-15-25(18)16-17-8-2-1-3-9-17/h1-3,8-9,18H,4-7,10-16H2,(H,23,26)/t18-/m0/s1. The lowest BCUT2D eigenvalue weighted by atomic mass is 9.96. The van der Waals surface area contributed by atoms with Crippen molar-refractivity contribution in [2.24, 2.45) is 0 Å². The first-order chi connectivity index (χ1) is 13.3. The number of hydrogen-bond donors (Lipinski definition) is 1. The topological polar surface area (TPSA) is 58.4 Å². The van der Waals surface area contributed by atoms with Crippen LogP contribution in [0.2, 0.25) is 0 Å². The normalized spacial score (nSPS) is 20.2. The van der Waals surface area contributed by atoms with Gasteiger partial charge in [0, 0.05) is 24.7 Å². The van der Waals surface area contributed by atoms with Gasteiger partial charge < -0.3 is 9.84 Å². The molecular formula is C22H29N3O2. The molecular weight excluding hydrogens is 338 g/mol. The van der Waals surface area contributed by atoms with Crippen LogP contribution < -0.4 is 5.32 Å². The Morgan fingerprint density at radius 1 is 1.15 bits per heavy atom. The van der Waals surface area contributed by atoms with Crippen molar-refractivity contribution in [3.8, 4) is 0 Å². The average Bonchev–Trinajstić information content (AvgIpc) is 3.14. The van der Waals surface area contributed by atoms with Crippen molar-refractivity contribution in [2.75, 3.05) is 13.1 Å². The summed E-state index contributed by atoms with van der Waals surface area (Å²) < 4.78 is 5.35. The summed E-state index contributed by atoms with van der Waals surface area (Å²) in [6, 6.07) is 11.2. The summed E-state index contributed by atoms with van der Waals surface area (Å²) in [5, 5.41) is 7.16. The Bertz CT molecular complexity index is 756. The van der Waals surface area contributed by atoms with Gasteiger partial charge in [0.2, 0.25) is 5.76 Å². The molecule has 0 saturated carbocycles. The van der Waals surface area contributed by atoms with E-state index < -0.39 is 0 Å². The first-order valence-electron chi connectivity index (χ1n) is 10.3. The van der Waals surface area contributed by atoms with Gasteiger partial charge in [-0.3, -0.25) is 9.69 Å². The third-order valence-electron chi connectivity index (χ3n) is 5.91. The van der Waals surface area contributed by atoms with E-state index in [-0.39, 0.29) is 5.91 Å². The van der Waals surface area contributed by atoms with E-state index >= 15 is 0 Å². The molecule has 0 spiro atoms. The fourth-order valence-electron chi connectivity index (χ4n) is 4.41. The van der Waals surface area contributed by atoms with Gasteiger partial charge in [-0.15, -0.1) is 0 Å². The average molecular weight is 367 g/mol. The highest BCUT2D eigenvalue weighted by molar-refractivity contribution is 5.93. The molecule has 0 unspecified atom stereocenters. The Labute approximate surface area is 161 Å². The molecule has 1 amide bonds. The van der Waals surface area contributed by atoms with E-state index in [0.717, 1.165) is 56.5 Å². The van der Waals surface area contributed by atoms with E-state index in [2.05, 4.69) is 45.7 Å². The molecule has 5 nitrogen and oxygen atoms in total. The molecule has 2 aromatic rings. The highest BCUT2D eigenvalue weighted by atomic mass is 16.5. The van der Waals surface area contributed by atoms with Crippen LogP contribution in [0.4, 0.5) is 0 Å². The van der Waals surface area contributed by atoms with Gasteiger partial charge in [0.05, 0.1) is 5.69 Å². The molecule has 2 heterocycles. The summed E-state index contributed by atoms with van der Waals surface area (Å²) in [6.45, 7) is 2.82. The molecule has 4 rings (SSSR count). The SMILES string of the molecule is O=C(NCC[C@@H]1CCCCN1Cc1ccccc1)c1onc2c1CCCC2. The molecule has 1 saturated heterocycles. The Balaban J connectivity index is 1.30. The van der Waals surface area contributed by atoms with Crippen LogP contribution in [0.3, 0.4) is 0 Å². The number of rotatable bonds is 6. The number of piperidine rings is 1. The van der Waals surface area contributed by atoms with Crippen molar-refractivity contribution < 1.29 is 9.32 Å². The van der Waals surface area contributed by atoms with Gasteiger partial charge in [0.15, 0.2) is 0 Å². The highest BCUT2D eigenvalue weighted by Gasteiger charge is 2.25. The quantitative estimate of drug-likeness (QED) is 0.845. The van der Waals surface area contributed by atoms with Gasteiger partial charge in [-0.25, -0.2) is 0 Å². The number of nitrogens with one attached hydrogen (secondary N) is 1. The number of hydrogen-bond acceptors (Lipinski definition) is 4. The fraction of sp³-hybridized carbons (Fsp3) is 0.545. The molecule has 144 valence electrons. The maximum atomic E-state index is 12.5. The lowest BCUT2D eigenvalue weighted by molar-refractivity contribution is 0.0900. The Morgan fingerprint density at radius 3 is 2.89 bits per heavy atom. The Hall–Kier alpha value is -2.14. The summed E-state index contributed by atoms with van der Waals surface area (Å²) in [5.41, 5.74) is 3.37. The van der Waals surface area contributed by atoms with Crippen molar-refractivity contribution in [3.63, 3.8) is 0 Å². The van der Waals surface area contributed by atoms with Crippen molar-refractivity contribution in [1.29, 1.82) is 0 Å². The molecule has 1 aromatic heterocycles. The number of fused-ring (bicyclic) bond motifs is 1. The van der Waals surface area contributed by atoms with Gasteiger partial charge in [0.1, 0.15) is 0 Å². The molecule has 1 aliphatic carbocycles. The van der Waals surface area contributed by atoms with Gasteiger partial charge in [0.25, 0.3) is 5.91 Å². The van der Waals surface area contributed by atoms with Crippen LogP contribution >= 0.6 is 0 Å². The van der Waals surface area contributed by atoms with Crippen molar-refractivity contribution in [3.05, 3.63) is 52.9 Å². The minimum Gasteiger partial charge on any atom is -0.350 e. The zero-order valence-corrected chi connectivity index (χ0v) is 16.0. The Morgan fingerprint density at radius 2 is 2.00 bits per heavy atom. The van der Waals surface area contributed by atoms with Gasteiger partial charge in [-0.05, 0) is 57.1 Å². The number of benzene rings is 1. The first-order valence-corrected chi connectivity index (χ1v) is 10.3. The number of likely N-dealkylation sites (tertiary alicyclic amines) is 1. The first kappa shape index (κ1) is 18.2. The second-order valence-electron chi connectivity index (χ2n) is 7.79. The second kappa shape index (κ2) is 8.70. The number of aryl methyl sites for hydroxylation is 1. The summed E-state index contributed by atoms with van der Waals surface area (Å²) in [5.74, 6) is 0.338. The fourth-order valence-corrected chi connectivity index (χ4v) is 4.41. The van der Waals surface area contributed by atoms with Crippen LogP contribution in [0, 0.1) is 0 Å². The summed E-state index contributed by atoms with van der Waals surface area (Å²) in [6.07, 6.45) is 8.83. The van der Waals surface area contributed by atoms with E-state index in [1.165, 1.54) is 24.8 Å². The smallest absolute Gasteiger partial charge is 0.290 e.